The van der Waals surface area contributed by atoms with E-state index >= 15 is 0 Å². The zero-order valence-electron chi connectivity index (χ0n) is 9.16. The minimum absolute atomic E-state index is 0.372. The van der Waals surface area contributed by atoms with E-state index in [4.69, 9.17) is 0 Å². The van der Waals surface area contributed by atoms with Crippen LogP contribution in [0.4, 0.5) is 0 Å². The van der Waals surface area contributed by atoms with Crippen LogP contribution in [-0.2, 0) is 6.42 Å². The van der Waals surface area contributed by atoms with Crippen molar-refractivity contribution >= 4 is 38.6 Å². The third-order valence-electron chi connectivity index (χ3n) is 2.36. The lowest BCUT2D eigenvalue weighted by molar-refractivity contribution is 0.605. The summed E-state index contributed by atoms with van der Waals surface area (Å²) in [6.07, 6.45) is 3.00. The number of hydrogen-bond acceptors (Lipinski definition) is 4. The van der Waals surface area contributed by atoms with E-state index in [1.807, 2.05) is 20.2 Å². The smallest absolute Gasteiger partial charge is 0.0897 e. The van der Waals surface area contributed by atoms with Crippen LogP contribution in [0.2, 0.25) is 0 Å². The van der Waals surface area contributed by atoms with E-state index in [2.05, 4.69) is 37.7 Å². The van der Waals surface area contributed by atoms with Crippen molar-refractivity contribution in [2.24, 2.45) is 0 Å². The molecule has 0 bridgehead atoms. The van der Waals surface area contributed by atoms with E-state index in [1.54, 1.807) is 22.7 Å². The third-order valence-corrected chi connectivity index (χ3v) is 5.10. The van der Waals surface area contributed by atoms with Gasteiger partial charge in [0.15, 0.2) is 0 Å². The summed E-state index contributed by atoms with van der Waals surface area (Å²) in [5.74, 6) is 0. The van der Waals surface area contributed by atoms with Gasteiger partial charge in [0.05, 0.1) is 5.01 Å². The molecular weight excluding hydrogens is 304 g/mol. The van der Waals surface area contributed by atoms with Crippen molar-refractivity contribution in [3.05, 3.63) is 36.9 Å². The van der Waals surface area contributed by atoms with Crippen molar-refractivity contribution in [1.29, 1.82) is 0 Å². The van der Waals surface area contributed by atoms with E-state index in [0.29, 0.717) is 6.04 Å². The van der Waals surface area contributed by atoms with Crippen molar-refractivity contribution in [2.75, 3.05) is 7.05 Å². The largest absolute Gasteiger partial charge is 0.312 e. The molecule has 5 heteroatoms. The molecule has 0 aromatic carbocycles. The van der Waals surface area contributed by atoms with Crippen molar-refractivity contribution in [1.82, 2.24) is 10.3 Å². The van der Waals surface area contributed by atoms with Gasteiger partial charge in [-0.3, -0.25) is 0 Å². The van der Waals surface area contributed by atoms with E-state index in [9.17, 15) is 0 Å². The van der Waals surface area contributed by atoms with Crippen LogP contribution in [0.15, 0.2) is 22.1 Å². The summed E-state index contributed by atoms with van der Waals surface area (Å²) in [6, 6.07) is 2.56. The summed E-state index contributed by atoms with van der Waals surface area (Å²) >= 11 is 7.04. The predicted octanol–water partition coefficient (Wildman–Crippen LogP) is 3.78. The predicted molar refractivity (Wildman–Crippen MR) is 74.4 cm³/mol. The van der Waals surface area contributed by atoms with E-state index in [-0.39, 0.29) is 0 Å². The Hall–Kier alpha value is -0.230. The monoisotopic (exact) mass is 316 g/mol. The van der Waals surface area contributed by atoms with Gasteiger partial charge >= 0.3 is 0 Å². The number of hydrogen-bond donors (Lipinski definition) is 1. The van der Waals surface area contributed by atoms with Crippen LogP contribution < -0.4 is 5.32 Å². The standard InChI is InChI=1S/C11H13BrN2S2/c1-7-14-5-11(16-7)10(13-2)4-9-3-8(12)6-15-9/h3,5-6,10,13H,4H2,1-2H3. The van der Waals surface area contributed by atoms with E-state index in [0.717, 1.165) is 11.4 Å². The van der Waals surface area contributed by atoms with Gasteiger partial charge in [-0.2, -0.15) is 0 Å². The fourth-order valence-electron chi connectivity index (χ4n) is 1.55. The average molecular weight is 317 g/mol. The van der Waals surface area contributed by atoms with Gasteiger partial charge in [-0.15, -0.1) is 22.7 Å². The highest BCUT2D eigenvalue weighted by atomic mass is 79.9. The zero-order chi connectivity index (χ0) is 11.5. The Labute approximate surface area is 112 Å². The first-order chi connectivity index (χ1) is 7.69. The van der Waals surface area contributed by atoms with E-state index < -0.39 is 0 Å². The highest BCUT2D eigenvalue weighted by Gasteiger charge is 2.13. The lowest BCUT2D eigenvalue weighted by Crippen LogP contribution is -2.17. The van der Waals surface area contributed by atoms with Crippen LogP contribution in [0, 0.1) is 6.92 Å². The summed E-state index contributed by atoms with van der Waals surface area (Å²) < 4.78 is 1.17. The molecule has 0 saturated heterocycles. The molecule has 0 aliphatic rings. The first-order valence-electron chi connectivity index (χ1n) is 5.01. The lowest BCUT2D eigenvalue weighted by Gasteiger charge is -2.12. The average Bonchev–Trinajstić information content (AvgIpc) is 2.84. The minimum atomic E-state index is 0.372. The molecule has 1 unspecified atom stereocenters. The lowest BCUT2D eigenvalue weighted by atomic mass is 10.1. The fraction of sp³-hybridized carbons (Fsp3) is 0.364. The molecule has 2 heterocycles. The molecular formula is C11H13BrN2S2. The molecule has 1 N–H and O–H groups in total. The van der Waals surface area contributed by atoms with Gasteiger partial charge in [-0.25, -0.2) is 4.98 Å². The summed E-state index contributed by atoms with van der Waals surface area (Å²) in [6.45, 7) is 2.04. The molecule has 0 radical (unpaired) electrons. The maximum Gasteiger partial charge on any atom is 0.0897 e. The van der Waals surface area contributed by atoms with Crippen LogP contribution in [0.1, 0.15) is 20.8 Å². The number of nitrogens with one attached hydrogen (secondary N) is 1. The highest BCUT2D eigenvalue weighted by Crippen LogP contribution is 2.27. The second kappa shape index (κ2) is 5.40. The van der Waals surface area contributed by atoms with Gasteiger partial charge in [-0.05, 0) is 36.0 Å². The topological polar surface area (TPSA) is 24.9 Å². The van der Waals surface area contributed by atoms with Gasteiger partial charge in [0.2, 0.25) is 0 Å². The fourth-order valence-corrected chi connectivity index (χ4v) is 3.94. The molecule has 1 atom stereocenters. The first-order valence-corrected chi connectivity index (χ1v) is 7.50. The summed E-state index contributed by atoms with van der Waals surface area (Å²) in [7, 11) is 2.00. The van der Waals surface area contributed by atoms with Crippen molar-refractivity contribution in [3.63, 3.8) is 0 Å². The highest BCUT2D eigenvalue weighted by molar-refractivity contribution is 9.10. The van der Waals surface area contributed by atoms with Crippen molar-refractivity contribution < 1.29 is 0 Å². The van der Waals surface area contributed by atoms with Crippen LogP contribution >= 0.6 is 38.6 Å². The zero-order valence-corrected chi connectivity index (χ0v) is 12.4. The molecule has 86 valence electrons. The third kappa shape index (κ3) is 2.91. The number of thiophene rings is 1. The molecule has 0 fully saturated rings. The van der Waals surface area contributed by atoms with E-state index in [1.165, 1.54) is 14.2 Å². The normalized spacial score (nSPS) is 12.9. The first kappa shape index (κ1) is 12.2. The Balaban J connectivity index is 2.12. The van der Waals surface area contributed by atoms with Crippen LogP contribution in [0.3, 0.4) is 0 Å². The van der Waals surface area contributed by atoms with Crippen molar-refractivity contribution in [3.8, 4) is 0 Å². The summed E-state index contributed by atoms with van der Waals surface area (Å²) in [5.41, 5.74) is 0. The SMILES string of the molecule is CNC(Cc1cc(Br)cs1)c1cnc(C)s1. The maximum absolute atomic E-state index is 4.30. The van der Waals surface area contributed by atoms with Crippen LogP contribution in [0.25, 0.3) is 0 Å². The number of thiazole rings is 1. The van der Waals surface area contributed by atoms with Gasteiger partial charge in [-0.1, -0.05) is 0 Å². The molecule has 0 spiro atoms. The minimum Gasteiger partial charge on any atom is -0.312 e. The van der Waals surface area contributed by atoms with Crippen LogP contribution in [0.5, 0.6) is 0 Å². The molecule has 0 aliphatic heterocycles. The van der Waals surface area contributed by atoms with Crippen LogP contribution in [-0.4, -0.2) is 12.0 Å². The van der Waals surface area contributed by atoms with Gasteiger partial charge in [0, 0.05) is 38.3 Å². The molecule has 0 amide bonds. The maximum atomic E-state index is 4.30. The number of halogens is 1. The Kier molecular flexibility index (Phi) is 4.13. The summed E-state index contributed by atoms with van der Waals surface area (Å²) in [5, 5.41) is 6.60. The van der Waals surface area contributed by atoms with Gasteiger partial charge in [0.1, 0.15) is 0 Å². The Morgan fingerprint density at radius 2 is 2.38 bits per heavy atom. The molecule has 2 nitrogen and oxygen atoms in total. The molecule has 0 saturated carbocycles. The number of aryl methyl sites for hydroxylation is 1. The molecule has 0 aliphatic carbocycles. The number of nitrogens with zero attached hydrogens (tertiary/aromatic N) is 1. The Morgan fingerprint density at radius 1 is 1.56 bits per heavy atom. The number of likely N-dealkylation sites (N-methyl/N-ethyl adjacent to an activating group) is 1. The number of aromatic nitrogens is 1. The molecule has 16 heavy (non-hydrogen) atoms. The Morgan fingerprint density at radius 3 is 2.88 bits per heavy atom. The second-order valence-electron chi connectivity index (χ2n) is 3.56. The summed E-state index contributed by atoms with van der Waals surface area (Å²) in [4.78, 5) is 7.00. The van der Waals surface area contributed by atoms with Gasteiger partial charge in [0.25, 0.3) is 0 Å². The molecule has 2 aromatic heterocycles. The molecule has 2 rings (SSSR count). The quantitative estimate of drug-likeness (QED) is 0.928. The Bertz CT molecular complexity index is 464. The van der Waals surface area contributed by atoms with Gasteiger partial charge < -0.3 is 5.32 Å². The second-order valence-corrected chi connectivity index (χ2v) is 6.74. The number of rotatable bonds is 4. The molecule has 2 aromatic rings. The van der Waals surface area contributed by atoms with Crippen molar-refractivity contribution in [2.45, 2.75) is 19.4 Å².